The highest BCUT2D eigenvalue weighted by Gasteiger charge is 2.46. The van der Waals surface area contributed by atoms with Crippen molar-refractivity contribution in [3.8, 4) is 0 Å². The van der Waals surface area contributed by atoms with Gasteiger partial charge in [-0.25, -0.2) is 0 Å². The first kappa shape index (κ1) is 12.8. The first-order valence-corrected chi connectivity index (χ1v) is 6.63. The van der Waals surface area contributed by atoms with Gasteiger partial charge >= 0.3 is 0 Å². The van der Waals surface area contributed by atoms with Crippen molar-refractivity contribution < 1.29 is 0 Å². The molecule has 98 valence electrons. The van der Waals surface area contributed by atoms with Gasteiger partial charge in [0.25, 0.3) is 0 Å². The van der Waals surface area contributed by atoms with Crippen LogP contribution < -0.4 is 5.73 Å². The summed E-state index contributed by atoms with van der Waals surface area (Å²) in [5.41, 5.74) is 5.91. The summed E-state index contributed by atoms with van der Waals surface area (Å²) >= 11 is 0. The van der Waals surface area contributed by atoms with Crippen molar-refractivity contribution in [3.05, 3.63) is 0 Å². The van der Waals surface area contributed by atoms with Gasteiger partial charge in [0.15, 0.2) is 0 Å². The number of nitrogens with zero attached hydrogens (tertiary/aromatic N) is 2. The minimum Gasteiger partial charge on any atom is -0.388 e. The van der Waals surface area contributed by atoms with Crippen LogP contribution in [-0.2, 0) is 0 Å². The molecule has 1 aliphatic heterocycles. The number of amidine groups is 1. The molecule has 4 heteroatoms. The maximum atomic E-state index is 7.46. The zero-order valence-electron chi connectivity index (χ0n) is 11.4. The average Bonchev–Trinajstić information content (AvgIpc) is 2.80. The van der Waals surface area contributed by atoms with Crippen LogP contribution in [-0.4, -0.2) is 55.4 Å². The molecule has 0 aromatic carbocycles. The molecule has 0 aromatic heterocycles. The van der Waals surface area contributed by atoms with E-state index in [2.05, 4.69) is 30.8 Å². The van der Waals surface area contributed by atoms with Crippen LogP contribution in [0.15, 0.2) is 0 Å². The third-order valence-electron chi connectivity index (χ3n) is 4.39. The van der Waals surface area contributed by atoms with Crippen LogP contribution in [0.3, 0.4) is 0 Å². The number of nitrogens with one attached hydrogen (secondary N) is 1. The van der Waals surface area contributed by atoms with Crippen LogP contribution in [0.2, 0.25) is 0 Å². The number of likely N-dealkylation sites (N-methyl/N-ethyl adjacent to an activating group) is 1. The van der Waals surface area contributed by atoms with Gasteiger partial charge in [-0.2, -0.15) is 0 Å². The minimum absolute atomic E-state index is 0.354. The summed E-state index contributed by atoms with van der Waals surface area (Å²) in [6.45, 7) is 5.85. The molecule has 17 heavy (non-hydrogen) atoms. The van der Waals surface area contributed by atoms with Crippen LogP contribution in [0.5, 0.6) is 0 Å². The lowest BCUT2D eigenvalue weighted by atomic mass is 10.0. The highest BCUT2D eigenvalue weighted by Crippen LogP contribution is 2.49. The molecule has 1 saturated heterocycles. The normalized spacial score (nSPS) is 32.0. The number of nitrogens with two attached hydrogens (primary N) is 1. The molecule has 3 N–H and O–H groups in total. The lowest BCUT2D eigenvalue weighted by molar-refractivity contribution is 0.232. The van der Waals surface area contributed by atoms with E-state index in [1.165, 1.54) is 25.9 Å². The Balaban J connectivity index is 1.87. The number of likely N-dealkylation sites (tertiary alicyclic amines) is 1. The topological polar surface area (TPSA) is 56.4 Å². The summed E-state index contributed by atoms with van der Waals surface area (Å²) < 4.78 is 0. The van der Waals surface area contributed by atoms with Crippen LogP contribution in [0.1, 0.15) is 26.2 Å². The second-order valence-electron chi connectivity index (χ2n) is 6.40. The van der Waals surface area contributed by atoms with E-state index >= 15 is 0 Å². The SMILES string of the molecule is CC1CN(CC2(CC(=N)N)CC2)CC1N(C)C. The van der Waals surface area contributed by atoms with Gasteiger partial charge < -0.3 is 15.5 Å². The fourth-order valence-corrected chi connectivity index (χ4v) is 3.30. The first-order valence-electron chi connectivity index (χ1n) is 6.63. The largest absolute Gasteiger partial charge is 0.388 e. The molecule has 0 amide bonds. The average molecular weight is 238 g/mol. The Morgan fingerprint density at radius 3 is 2.47 bits per heavy atom. The monoisotopic (exact) mass is 238 g/mol. The van der Waals surface area contributed by atoms with Gasteiger partial charge in [0, 0.05) is 32.1 Å². The highest BCUT2D eigenvalue weighted by molar-refractivity contribution is 5.78. The van der Waals surface area contributed by atoms with Gasteiger partial charge in [-0.1, -0.05) is 6.92 Å². The summed E-state index contributed by atoms with van der Waals surface area (Å²) in [5.74, 6) is 1.11. The molecule has 0 radical (unpaired) electrons. The maximum Gasteiger partial charge on any atom is 0.0911 e. The quantitative estimate of drug-likeness (QED) is 0.554. The van der Waals surface area contributed by atoms with Crippen LogP contribution in [0.4, 0.5) is 0 Å². The van der Waals surface area contributed by atoms with Crippen molar-refractivity contribution in [3.63, 3.8) is 0 Å². The van der Waals surface area contributed by atoms with Crippen molar-refractivity contribution in [2.24, 2.45) is 17.1 Å². The van der Waals surface area contributed by atoms with E-state index in [1.54, 1.807) is 0 Å². The minimum atomic E-state index is 0.354. The molecule has 2 rings (SSSR count). The fraction of sp³-hybridized carbons (Fsp3) is 0.923. The molecule has 4 nitrogen and oxygen atoms in total. The van der Waals surface area contributed by atoms with Crippen molar-refractivity contribution in [1.82, 2.24) is 9.80 Å². The molecule has 0 spiro atoms. The van der Waals surface area contributed by atoms with Crippen molar-refractivity contribution >= 4 is 5.84 Å². The Hall–Kier alpha value is -0.610. The van der Waals surface area contributed by atoms with Gasteiger partial charge in [-0.3, -0.25) is 5.41 Å². The van der Waals surface area contributed by atoms with Crippen LogP contribution in [0, 0.1) is 16.7 Å². The van der Waals surface area contributed by atoms with Crippen molar-refractivity contribution in [2.75, 3.05) is 33.7 Å². The summed E-state index contributed by atoms with van der Waals surface area (Å²) in [6.07, 6.45) is 3.30. The zero-order valence-corrected chi connectivity index (χ0v) is 11.4. The molecule has 1 heterocycles. The third-order valence-corrected chi connectivity index (χ3v) is 4.39. The molecular weight excluding hydrogens is 212 g/mol. The van der Waals surface area contributed by atoms with Crippen molar-refractivity contribution in [2.45, 2.75) is 32.2 Å². The molecule has 2 unspecified atom stereocenters. The third kappa shape index (κ3) is 2.99. The van der Waals surface area contributed by atoms with E-state index in [1.807, 2.05) is 0 Å². The Bertz CT molecular complexity index is 296. The van der Waals surface area contributed by atoms with Crippen molar-refractivity contribution in [1.29, 1.82) is 5.41 Å². The van der Waals surface area contributed by atoms with Gasteiger partial charge in [-0.15, -0.1) is 0 Å². The zero-order chi connectivity index (χ0) is 12.6. The lowest BCUT2D eigenvalue weighted by Gasteiger charge is -2.24. The maximum absolute atomic E-state index is 7.46. The number of rotatable bonds is 5. The Morgan fingerprint density at radius 1 is 1.41 bits per heavy atom. The molecule has 2 aliphatic rings. The van der Waals surface area contributed by atoms with E-state index < -0.39 is 0 Å². The van der Waals surface area contributed by atoms with Crippen LogP contribution >= 0.6 is 0 Å². The molecule has 0 bridgehead atoms. The predicted molar refractivity (Wildman–Crippen MR) is 71.3 cm³/mol. The molecule has 1 aliphatic carbocycles. The van der Waals surface area contributed by atoms with Crippen LogP contribution in [0.25, 0.3) is 0 Å². The fourth-order valence-electron chi connectivity index (χ4n) is 3.30. The Kier molecular flexibility index (Phi) is 3.46. The van der Waals surface area contributed by atoms with Gasteiger partial charge in [0.1, 0.15) is 0 Å². The molecule has 2 atom stereocenters. The molecule has 2 fully saturated rings. The smallest absolute Gasteiger partial charge is 0.0911 e. The van der Waals surface area contributed by atoms with Gasteiger partial charge in [-0.05, 0) is 38.3 Å². The van der Waals surface area contributed by atoms with Gasteiger partial charge in [0.2, 0.25) is 0 Å². The Labute approximate surface area is 105 Å². The summed E-state index contributed by atoms with van der Waals surface area (Å²) in [5, 5.41) is 7.46. The first-order chi connectivity index (χ1) is 7.92. The highest BCUT2D eigenvalue weighted by atomic mass is 15.2. The van der Waals surface area contributed by atoms with E-state index in [0.29, 0.717) is 17.3 Å². The molecule has 0 aromatic rings. The summed E-state index contributed by atoms with van der Waals surface area (Å²) in [4.78, 5) is 4.92. The number of hydrogen-bond donors (Lipinski definition) is 2. The van der Waals surface area contributed by atoms with E-state index in [-0.39, 0.29) is 0 Å². The second kappa shape index (κ2) is 4.58. The van der Waals surface area contributed by atoms with E-state index in [9.17, 15) is 0 Å². The van der Waals surface area contributed by atoms with E-state index in [4.69, 9.17) is 11.1 Å². The second-order valence-corrected chi connectivity index (χ2v) is 6.40. The van der Waals surface area contributed by atoms with E-state index in [0.717, 1.165) is 18.9 Å². The predicted octanol–water partition coefficient (Wildman–Crippen LogP) is 0.975. The molecular formula is C13H26N4. The summed E-state index contributed by atoms with van der Waals surface area (Å²) in [6, 6.07) is 0.683. The summed E-state index contributed by atoms with van der Waals surface area (Å²) in [7, 11) is 4.35. The molecule has 1 saturated carbocycles. The lowest BCUT2D eigenvalue weighted by Crippen LogP contribution is -2.36. The standard InChI is InChI=1S/C13H26N4/c1-10-7-17(8-11(10)16(2)3)9-13(4-5-13)6-12(14)15/h10-11H,4-9H2,1-3H3,(H3,14,15). The number of hydrogen-bond acceptors (Lipinski definition) is 3. The van der Waals surface area contributed by atoms with Gasteiger partial charge in [0.05, 0.1) is 5.84 Å². The Morgan fingerprint density at radius 2 is 2.06 bits per heavy atom.